The molecule has 108 valence electrons. The van der Waals surface area contributed by atoms with Crippen molar-refractivity contribution in [2.24, 2.45) is 7.05 Å². The highest BCUT2D eigenvalue weighted by Crippen LogP contribution is 2.33. The number of hydrogen-bond acceptors (Lipinski definition) is 4. The molecule has 0 saturated carbocycles. The van der Waals surface area contributed by atoms with Crippen molar-refractivity contribution in [1.29, 1.82) is 0 Å². The number of aliphatic hydroxyl groups is 2. The van der Waals surface area contributed by atoms with E-state index in [1.54, 1.807) is 0 Å². The fourth-order valence-electron chi connectivity index (χ4n) is 2.33. The molecular formula is C15H21N3O2. The van der Waals surface area contributed by atoms with Crippen molar-refractivity contribution in [3.63, 3.8) is 0 Å². The van der Waals surface area contributed by atoms with Crippen molar-refractivity contribution in [3.8, 4) is 11.3 Å². The Morgan fingerprint density at radius 3 is 2.70 bits per heavy atom. The first-order valence-corrected chi connectivity index (χ1v) is 6.57. The number of nitrogens with one attached hydrogen (secondary N) is 1. The van der Waals surface area contributed by atoms with Crippen molar-refractivity contribution in [2.45, 2.75) is 12.5 Å². The highest BCUT2D eigenvalue weighted by Gasteiger charge is 2.13. The predicted octanol–water partition coefficient (Wildman–Crippen LogP) is 1.21. The molecule has 0 aliphatic carbocycles. The van der Waals surface area contributed by atoms with Crippen molar-refractivity contribution in [1.82, 2.24) is 4.57 Å². The minimum absolute atomic E-state index is 0.251. The summed E-state index contributed by atoms with van der Waals surface area (Å²) in [7, 11) is 3.77. The van der Waals surface area contributed by atoms with Crippen molar-refractivity contribution >= 4 is 11.4 Å². The molecular weight excluding hydrogens is 254 g/mol. The molecule has 0 saturated heterocycles. The van der Waals surface area contributed by atoms with Gasteiger partial charge in [0.1, 0.15) is 0 Å². The van der Waals surface area contributed by atoms with E-state index in [1.165, 1.54) is 0 Å². The van der Waals surface area contributed by atoms with Crippen LogP contribution in [-0.4, -0.2) is 34.5 Å². The maximum atomic E-state index is 9.61. The number of nitrogen functional groups attached to an aromatic ring is 1. The minimum Gasteiger partial charge on any atom is -0.397 e. The maximum Gasteiger partial charge on any atom is 0.0811 e. The van der Waals surface area contributed by atoms with Crippen molar-refractivity contribution < 1.29 is 10.2 Å². The van der Waals surface area contributed by atoms with Gasteiger partial charge in [0.05, 0.1) is 24.1 Å². The topological polar surface area (TPSA) is 83.4 Å². The molecule has 0 amide bonds. The first kappa shape index (κ1) is 14.4. The second-order valence-corrected chi connectivity index (χ2v) is 4.90. The van der Waals surface area contributed by atoms with E-state index in [-0.39, 0.29) is 6.61 Å². The highest BCUT2D eigenvalue weighted by molar-refractivity contribution is 5.85. The van der Waals surface area contributed by atoms with Crippen LogP contribution in [0.4, 0.5) is 11.4 Å². The van der Waals surface area contributed by atoms with Gasteiger partial charge in [-0.05, 0) is 29.8 Å². The van der Waals surface area contributed by atoms with Gasteiger partial charge in [0.25, 0.3) is 0 Å². The van der Waals surface area contributed by atoms with Crippen molar-refractivity contribution in [3.05, 3.63) is 36.0 Å². The molecule has 0 spiro atoms. The molecule has 0 aliphatic rings. The number of nitrogens with zero attached hydrogens (tertiary/aromatic N) is 1. The summed E-state index contributed by atoms with van der Waals surface area (Å²) < 4.78 is 2.00. The lowest BCUT2D eigenvalue weighted by atomic mass is 10.00. The second-order valence-electron chi connectivity index (χ2n) is 4.90. The molecule has 2 aromatic rings. The fourth-order valence-corrected chi connectivity index (χ4v) is 2.33. The number of aliphatic hydroxyl groups excluding tert-OH is 2. The molecule has 0 aliphatic heterocycles. The van der Waals surface area contributed by atoms with E-state index in [0.717, 1.165) is 22.5 Å². The van der Waals surface area contributed by atoms with Crippen LogP contribution in [0.2, 0.25) is 0 Å². The van der Waals surface area contributed by atoms with Gasteiger partial charge in [-0.15, -0.1) is 0 Å². The van der Waals surface area contributed by atoms with Gasteiger partial charge in [-0.2, -0.15) is 0 Å². The smallest absolute Gasteiger partial charge is 0.0811 e. The summed E-state index contributed by atoms with van der Waals surface area (Å²) in [6.45, 7) is -0.251. The average molecular weight is 275 g/mol. The molecule has 1 unspecified atom stereocenters. The molecule has 2 rings (SSSR count). The number of rotatable bonds is 5. The van der Waals surface area contributed by atoms with E-state index in [4.69, 9.17) is 10.8 Å². The second kappa shape index (κ2) is 5.98. The number of anilines is 2. The van der Waals surface area contributed by atoms with E-state index in [0.29, 0.717) is 12.1 Å². The summed E-state index contributed by atoms with van der Waals surface area (Å²) in [4.78, 5) is 0. The lowest BCUT2D eigenvalue weighted by Crippen LogP contribution is -2.15. The summed E-state index contributed by atoms with van der Waals surface area (Å²) in [5, 5.41) is 21.7. The third kappa shape index (κ3) is 2.79. The van der Waals surface area contributed by atoms with Crippen LogP contribution in [0.25, 0.3) is 11.3 Å². The Kier molecular flexibility index (Phi) is 4.32. The highest BCUT2D eigenvalue weighted by atomic mass is 16.3. The number of nitrogens with two attached hydrogens (primary N) is 1. The molecule has 0 radical (unpaired) electrons. The average Bonchev–Trinajstić information content (AvgIpc) is 2.86. The Bertz CT molecular complexity index is 593. The number of hydrogen-bond donors (Lipinski definition) is 4. The largest absolute Gasteiger partial charge is 0.397 e. The molecule has 5 heteroatoms. The Hall–Kier alpha value is -1.98. The monoisotopic (exact) mass is 275 g/mol. The quantitative estimate of drug-likeness (QED) is 0.618. The van der Waals surface area contributed by atoms with Gasteiger partial charge in [0.2, 0.25) is 0 Å². The summed E-state index contributed by atoms with van der Waals surface area (Å²) >= 11 is 0. The van der Waals surface area contributed by atoms with Crippen LogP contribution in [-0.2, 0) is 13.5 Å². The SMILES string of the molecule is CNc1cc(CC(O)CO)cc(-c2cccn2C)c1N. The van der Waals surface area contributed by atoms with Crippen LogP contribution in [0.15, 0.2) is 30.5 Å². The molecule has 5 nitrogen and oxygen atoms in total. The van der Waals surface area contributed by atoms with Gasteiger partial charge in [0.15, 0.2) is 0 Å². The van der Waals surface area contributed by atoms with Gasteiger partial charge in [-0.3, -0.25) is 0 Å². The fraction of sp³-hybridized carbons (Fsp3) is 0.333. The van der Waals surface area contributed by atoms with E-state index < -0.39 is 6.10 Å². The molecule has 1 aromatic carbocycles. The van der Waals surface area contributed by atoms with Crippen LogP contribution < -0.4 is 11.1 Å². The minimum atomic E-state index is -0.760. The number of aryl methyl sites for hydroxylation is 1. The van der Waals surface area contributed by atoms with Crippen LogP contribution in [0.1, 0.15) is 5.56 Å². The van der Waals surface area contributed by atoms with Gasteiger partial charge in [0, 0.05) is 38.0 Å². The Morgan fingerprint density at radius 2 is 2.15 bits per heavy atom. The Labute approximate surface area is 118 Å². The zero-order valence-corrected chi connectivity index (χ0v) is 11.8. The Balaban J connectivity index is 2.50. The molecule has 5 N–H and O–H groups in total. The molecule has 1 atom stereocenters. The maximum absolute atomic E-state index is 9.61. The van der Waals surface area contributed by atoms with Gasteiger partial charge >= 0.3 is 0 Å². The number of benzene rings is 1. The number of aromatic nitrogens is 1. The molecule has 20 heavy (non-hydrogen) atoms. The van der Waals surface area contributed by atoms with Crippen LogP contribution in [0.3, 0.4) is 0 Å². The van der Waals surface area contributed by atoms with Gasteiger partial charge < -0.3 is 25.8 Å². The van der Waals surface area contributed by atoms with E-state index >= 15 is 0 Å². The lowest BCUT2D eigenvalue weighted by molar-refractivity contribution is 0.0955. The van der Waals surface area contributed by atoms with Gasteiger partial charge in [-0.25, -0.2) is 0 Å². The zero-order chi connectivity index (χ0) is 14.7. The summed E-state index contributed by atoms with van der Waals surface area (Å²) in [6, 6.07) is 7.82. The summed E-state index contributed by atoms with van der Waals surface area (Å²) in [5.41, 5.74) is 10.6. The molecule has 1 heterocycles. The standard InChI is InChI=1S/C15H21N3O2/c1-17-13-8-10(6-11(20)9-19)7-12(15(13)16)14-4-3-5-18(14)2/h3-5,7-8,11,17,19-20H,6,9,16H2,1-2H3. The summed E-state index contributed by atoms with van der Waals surface area (Å²) in [6.07, 6.45) is 1.59. The zero-order valence-electron chi connectivity index (χ0n) is 11.8. The lowest BCUT2D eigenvalue weighted by Gasteiger charge is -2.16. The molecule has 0 fully saturated rings. The van der Waals surface area contributed by atoms with E-state index in [2.05, 4.69) is 5.32 Å². The van der Waals surface area contributed by atoms with Crippen LogP contribution in [0.5, 0.6) is 0 Å². The van der Waals surface area contributed by atoms with E-state index in [9.17, 15) is 5.11 Å². The predicted molar refractivity (Wildman–Crippen MR) is 81.6 cm³/mol. The summed E-state index contributed by atoms with van der Waals surface area (Å²) in [5.74, 6) is 0. The first-order chi connectivity index (χ1) is 9.56. The normalized spacial score (nSPS) is 12.4. The molecule has 0 bridgehead atoms. The first-order valence-electron chi connectivity index (χ1n) is 6.57. The van der Waals surface area contributed by atoms with Gasteiger partial charge in [-0.1, -0.05) is 0 Å². The van der Waals surface area contributed by atoms with Crippen molar-refractivity contribution in [2.75, 3.05) is 24.7 Å². The third-order valence-electron chi connectivity index (χ3n) is 3.41. The Morgan fingerprint density at radius 1 is 1.40 bits per heavy atom. The van der Waals surface area contributed by atoms with Crippen LogP contribution in [0, 0.1) is 0 Å². The third-order valence-corrected chi connectivity index (χ3v) is 3.41. The van der Waals surface area contributed by atoms with Crippen LogP contribution >= 0.6 is 0 Å². The molecule has 1 aromatic heterocycles. The van der Waals surface area contributed by atoms with E-state index in [1.807, 2.05) is 49.1 Å².